The van der Waals surface area contributed by atoms with Gasteiger partial charge in [0.1, 0.15) is 17.8 Å². The number of aryl methyl sites for hydroxylation is 1. The average molecular weight is 466 g/mol. The number of aromatic nitrogens is 4. The zero-order chi connectivity index (χ0) is 23.5. The molecule has 4 rings (SSSR count). The molecule has 170 valence electrons. The maximum atomic E-state index is 13.2. The summed E-state index contributed by atoms with van der Waals surface area (Å²) in [5, 5.41) is 7.89. The molecular formula is C24H24ClN5O3. The summed E-state index contributed by atoms with van der Waals surface area (Å²) in [4.78, 5) is 34.7. The van der Waals surface area contributed by atoms with Gasteiger partial charge in [-0.05, 0) is 55.7 Å². The normalized spacial score (nSPS) is 11.3. The first kappa shape index (κ1) is 22.7. The molecule has 3 aromatic heterocycles. The lowest BCUT2D eigenvalue weighted by atomic mass is 10.1. The number of benzene rings is 1. The van der Waals surface area contributed by atoms with E-state index in [1.54, 1.807) is 47.2 Å². The summed E-state index contributed by atoms with van der Waals surface area (Å²) in [5.41, 5.74) is 1.79. The van der Waals surface area contributed by atoms with E-state index < -0.39 is 0 Å². The van der Waals surface area contributed by atoms with Crippen molar-refractivity contribution in [1.82, 2.24) is 25.0 Å². The van der Waals surface area contributed by atoms with Crippen LogP contribution >= 0.6 is 11.6 Å². The highest BCUT2D eigenvalue weighted by Crippen LogP contribution is 2.23. The Bertz CT molecular complexity index is 1360. The molecule has 0 radical (unpaired) electrons. The predicted octanol–water partition coefficient (Wildman–Crippen LogP) is 4.24. The highest BCUT2D eigenvalue weighted by atomic mass is 35.5. The van der Waals surface area contributed by atoms with Gasteiger partial charge in [-0.3, -0.25) is 9.59 Å². The van der Waals surface area contributed by atoms with Gasteiger partial charge in [0.25, 0.3) is 5.89 Å². The van der Waals surface area contributed by atoms with Crippen LogP contribution in [0.3, 0.4) is 0 Å². The molecule has 33 heavy (non-hydrogen) atoms. The van der Waals surface area contributed by atoms with E-state index in [1.165, 1.54) is 0 Å². The second-order valence-corrected chi connectivity index (χ2v) is 8.72. The van der Waals surface area contributed by atoms with E-state index in [4.69, 9.17) is 16.1 Å². The molecule has 9 heteroatoms. The summed E-state index contributed by atoms with van der Waals surface area (Å²) < 4.78 is 7.06. The summed E-state index contributed by atoms with van der Waals surface area (Å²) in [6.07, 6.45) is 2.44. The topological polar surface area (TPSA) is 103 Å². The minimum atomic E-state index is -0.291. The van der Waals surface area contributed by atoms with Crippen molar-refractivity contribution >= 4 is 28.5 Å². The van der Waals surface area contributed by atoms with Gasteiger partial charge < -0.3 is 14.4 Å². The minimum absolute atomic E-state index is 0.0104. The zero-order valence-corrected chi connectivity index (χ0v) is 19.4. The van der Waals surface area contributed by atoms with Crippen LogP contribution in [-0.4, -0.2) is 32.1 Å². The average Bonchev–Trinajstić information content (AvgIpc) is 3.26. The summed E-state index contributed by atoms with van der Waals surface area (Å²) in [7, 11) is 0. The zero-order valence-electron chi connectivity index (χ0n) is 18.6. The monoisotopic (exact) mass is 465 g/mol. The molecule has 8 nitrogen and oxygen atoms in total. The highest BCUT2D eigenvalue weighted by Gasteiger charge is 2.19. The Kier molecular flexibility index (Phi) is 6.55. The van der Waals surface area contributed by atoms with E-state index in [-0.39, 0.29) is 29.3 Å². The van der Waals surface area contributed by atoms with Crippen LogP contribution in [0.1, 0.15) is 26.0 Å². The fraction of sp³-hybridized carbons (Fsp3) is 0.292. The largest absolute Gasteiger partial charge is 0.355 e. The molecule has 0 saturated heterocycles. The number of nitrogens with one attached hydrogen (secondary N) is 1. The Labute approximate surface area is 195 Å². The highest BCUT2D eigenvalue weighted by molar-refractivity contribution is 6.30. The van der Waals surface area contributed by atoms with Crippen LogP contribution in [0.2, 0.25) is 5.02 Å². The van der Waals surface area contributed by atoms with Crippen molar-refractivity contribution in [2.24, 2.45) is 5.92 Å². The van der Waals surface area contributed by atoms with E-state index in [1.807, 2.05) is 6.92 Å². The molecule has 0 aliphatic carbocycles. The molecular weight excluding hydrogens is 442 g/mol. The number of amides is 1. The molecule has 0 unspecified atom stereocenters. The van der Waals surface area contributed by atoms with Crippen LogP contribution < -0.4 is 10.7 Å². The lowest BCUT2D eigenvalue weighted by molar-refractivity contribution is -0.121. The second-order valence-electron chi connectivity index (χ2n) is 8.29. The van der Waals surface area contributed by atoms with Crippen LogP contribution in [0, 0.1) is 12.8 Å². The first-order valence-electron chi connectivity index (χ1n) is 10.7. The van der Waals surface area contributed by atoms with Crippen molar-refractivity contribution in [2.75, 3.05) is 6.54 Å². The Balaban J connectivity index is 1.73. The molecule has 3 heterocycles. The van der Waals surface area contributed by atoms with Crippen LogP contribution in [0.15, 0.2) is 51.9 Å². The van der Waals surface area contributed by atoms with Gasteiger partial charge in [0.15, 0.2) is 0 Å². The standard InChI is InChI=1S/C24H24ClN5O3/c1-14(2)10-11-26-20(31)13-30-12-19(21(32)18-9-4-15(3)27-23(18)30)24-28-22(29-33-24)16-5-7-17(25)8-6-16/h4-9,12,14H,10-11,13H2,1-3H3,(H,26,31). The maximum absolute atomic E-state index is 13.2. The molecule has 0 aliphatic heterocycles. The lowest BCUT2D eigenvalue weighted by Crippen LogP contribution is -2.30. The van der Waals surface area contributed by atoms with Gasteiger partial charge in [-0.25, -0.2) is 4.98 Å². The first-order chi connectivity index (χ1) is 15.8. The Morgan fingerprint density at radius 1 is 1.15 bits per heavy atom. The third-order valence-corrected chi connectivity index (χ3v) is 5.43. The van der Waals surface area contributed by atoms with E-state index in [0.29, 0.717) is 39.9 Å². The molecule has 1 N–H and O–H groups in total. The van der Waals surface area contributed by atoms with Crippen molar-refractivity contribution < 1.29 is 9.32 Å². The lowest BCUT2D eigenvalue weighted by Gasteiger charge is -2.13. The quantitative estimate of drug-likeness (QED) is 0.438. The van der Waals surface area contributed by atoms with Crippen LogP contribution in [0.25, 0.3) is 33.9 Å². The molecule has 4 aromatic rings. The van der Waals surface area contributed by atoms with Crippen LogP contribution in [0.5, 0.6) is 0 Å². The van der Waals surface area contributed by atoms with Crippen molar-refractivity contribution in [2.45, 2.75) is 33.7 Å². The van der Waals surface area contributed by atoms with Crippen molar-refractivity contribution in [1.29, 1.82) is 0 Å². The predicted molar refractivity (Wildman–Crippen MR) is 127 cm³/mol. The van der Waals surface area contributed by atoms with E-state index in [9.17, 15) is 9.59 Å². The van der Waals surface area contributed by atoms with E-state index >= 15 is 0 Å². The molecule has 1 amide bonds. The third-order valence-electron chi connectivity index (χ3n) is 5.18. The Morgan fingerprint density at radius 3 is 2.64 bits per heavy atom. The SMILES string of the molecule is Cc1ccc2c(=O)c(-c3nc(-c4ccc(Cl)cc4)no3)cn(CC(=O)NCCC(C)C)c2n1. The van der Waals surface area contributed by atoms with Crippen molar-refractivity contribution in [3.63, 3.8) is 0 Å². The van der Waals surface area contributed by atoms with Crippen LogP contribution in [0.4, 0.5) is 0 Å². The number of nitrogens with zero attached hydrogens (tertiary/aromatic N) is 4. The van der Waals surface area contributed by atoms with Gasteiger partial charge in [-0.2, -0.15) is 4.98 Å². The number of hydrogen-bond acceptors (Lipinski definition) is 6. The van der Waals surface area contributed by atoms with Gasteiger partial charge in [-0.1, -0.05) is 30.6 Å². The van der Waals surface area contributed by atoms with Crippen LogP contribution in [-0.2, 0) is 11.3 Å². The summed E-state index contributed by atoms with van der Waals surface area (Å²) in [6, 6.07) is 10.4. The number of halogens is 1. The summed E-state index contributed by atoms with van der Waals surface area (Å²) >= 11 is 5.95. The number of rotatable bonds is 7. The molecule has 0 aliphatic rings. The molecule has 1 aromatic carbocycles. The number of carbonyl (C=O) groups excluding carboxylic acids is 1. The maximum Gasteiger partial charge on any atom is 0.263 e. The number of pyridine rings is 2. The fourth-order valence-corrected chi connectivity index (χ4v) is 3.52. The first-order valence-corrected chi connectivity index (χ1v) is 11.1. The van der Waals surface area contributed by atoms with Gasteiger partial charge in [-0.15, -0.1) is 0 Å². The summed E-state index contributed by atoms with van der Waals surface area (Å²) in [6.45, 7) is 6.63. The summed E-state index contributed by atoms with van der Waals surface area (Å²) in [5.74, 6) is 0.728. The fourth-order valence-electron chi connectivity index (χ4n) is 3.39. The Hall–Kier alpha value is -3.52. The van der Waals surface area contributed by atoms with Gasteiger partial charge in [0.2, 0.25) is 17.2 Å². The van der Waals surface area contributed by atoms with Gasteiger partial charge in [0.05, 0.1) is 5.39 Å². The minimum Gasteiger partial charge on any atom is -0.355 e. The van der Waals surface area contributed by atoms with Crippen molar-refractivity contribution in [3.8, 4) is 22.8 Å². The molecule has 0 spiro atoms. The van der Waals surface area contributed by atoms with Crippen molar-refractivity contribution in [3.05, 3.63) is 63.5 Å². The number of fused-ring (bicyclic) bond motifs is 1. The van der Waals surface area contributed by atoms with E-state index in [2.05, 4.69) is 34.3 Å². The number of carbonyl (C=O) groups is 1. The molecule has 0 atom stereocenters. The third kappa shape index (κ3) is 5.12. The van der Waals surface area contributed by atoms with E-state index in [0.717, 1.165) is 12.1 Å². The number of hydrogen-bond donors (Lipinski definition) is 1. The molecule has 0 bridgehead atoms. The molecule has 0 saturated carbocycles. The smallest absolute Gasteiger partial charge is 0.263 e. The second kappa shape index (κ2) is 9.54. The molecule has 0 fully saturated rings. The Morgan fingerprint density at radius 2 is 1.91 bits per heavy atom. The van der Waals surface area contributed by atoms with Gasteiger partial charge >= 0.3 is 0 Å². The van der Waals surface area contributed by atoms with Gasteiger partial charge in [0, 0.05) is 29.0 Å².